The van der Waals surface area contributed by atoms with Crippen molar-refractivity contribution in [3.8, 4) is 5.75 Å². The number of hydrazine groups is 1. The number of hydrogen-bond donors (Lipinski definition) is 4. The molecule has 0 saturated heterocycles. The van der Waals surface area contributed by atoms with Crippen molar-refractivity contribution < 1.29 is 27.5 Å². The van der Waals surface area contributed by atoms with Crippen LogP contribution in [0.3, 0.4) is 0 Å². The standard InChI is InChI=1S/C16H13F4N3O2S/c17-11-3-6-13(24)9(7-11)8-21-23-15(26)14(25)22-12-4-1-10(2-5-12)16(18,19)20/h1-7,21,24H,8H2,(H,22,25)(H,23,26). The first kappa shape index (κ1) is 19.6. The van der Waals surface area contributed by atoms with Crippen LogP contribution >= 0.6 is 12.2 Å². The largest absolute Gasteiger partial charge is 0.508 e. The topological polar surface area (TPSA) is 73.4 Å². The van der Waals surface area contributed by atoms with Crippen molar-refractivity contribution in [3.05, 3.63) is 59.4 Å². The number of hydrogen-bond acceptors (Lipinski definition) is 4. The van der Waals surface area contributed by atoms with Gasteiger partial charge in [-0.15, -0.1) is 0 Å². The van der Waals surface area contributed by atoms with Crippen LogP contribution in [0.25, 0.3) is 0 Å². The molecule has 2 aromatic carbocycles. The number of aromatic hydroxyl groups is 1. The molecule has 0 aliphatic rings. The van der Waals surface area contributed by atoms with E-state index in [0.29, 0.717) is 0 Å². The Morgan fingerprint density at radius 1 is 1.12 bits per heavy atom. The number of amides is 1. The number of alkyl halides is 3. The molecule has 0 fully saturated rings. The number of anilines is 1. The summed E-state index contributed by atoms with van der Waals surface area (Å²) in [4.78, 5) is 11.6. The molecule has 4 N–H and O–H groups in total. The molecular weight excluding hydrogens is 374 g/mol. The zero-order valence-electron chi connectivity index (χ0n) is 13.0. The van der Waals surface area contributed by atoms with E-state index in [1.165, 1.54) is 6.07 Å². The summed E-state index contributed by atoms with van der Waals surface area (Å²) in [5.41, 5.74) is 4.46. The van der Waals surface area contributed by atoms with Crippen LogP contribution in [0.4, 0.5) is 23.2 Å². The average Bonchev–Trinajstić information content (AvgIpc) is 2.57. The van der Waals surface area contributed by atoms with Crippen LogP contribution in [-0.4, -0.2) is 16.0 Å². The molecule has 0 aliphatic heterocycles. The molecule has 1 amide bonds. The van der Waals surface area contributed by atoms with Crippen LogP contribution in [0, 0.1) is 5.82 Å². The molecule has 138 valence electrons. The second-order valence-electron chi connectivity index (χ2n) is 5.11. The van der Waals surface area contributed by atoms with E-state index in [-0.39, 0.29) is 28.5 Å². The molecule has 26 heavy (non-hydrogen) atoms. The van der Waals surface area contributed by atoms with E-state index in [0.717, 1.165) is 36.4 Å². The van der Waals surface area contributed by atoms with E-state index in [2.05, 4.69) is 16.2 Å². The Labute approximate surface area is 151 Å². The summed E-state index contributed by atoms with van der Waals surface area (Å²) in [6.45, 7) is -0.0305. The number of halogens is 4. The van der Waals surface area contributed by atoms with E-state index in [1.807, 2.05) is 0 Å². The van der Waals surface area contributed by atoms with Gasteiger partial charge in [0.25, 0.3) is 5.91 Å². The van der Waals surface area contributed by atoms with Gasteiger partial charge in [0, 0.05) is 17.8 Å². The van der Waals surface area contributed by atoms with E-state index < -0.39 is 23.5 Å². The summed E-state index contributed by atoms with van der Waals surface area (Å²) in [7, 11) is 0. The number of phenols is 1. The number of rotatable bonds is 4. The Hall–Kier alpha value is -2.72. The number of carbonyl (C=O) groups excluding carboxylic acids is 1. The Balaban J connectivity index is 1.86. The molecule has 0 heterocycles. The third-order valence-corrected chi connectivity index (χ3v) is 3.49. The lowest BCUT2D eigenvalue weighted by Gasteiger charge is -2.12. The maximum absolute atomic E-state index is 13.1. The van der Waals surface area contributed by atoms with Crippen LogP contribution in [0.15, 0.2) is 42.5 Å². The summed E-state index contributed by atoms with van der Waals surface area (Å²) in [5, 5.41) is 11.9. The molecule has 0 aliphatic carbocycles. The molecular formula is C16H13F4N3O2S. The molecule has 0 bridgehead atoms. The molecule has 0 radical (unpaired) electrons. The highest BCUT2D eigenvalue weighted by atomic mass is 32.1. The number of carbonyl (C=O) groups is 1. The van der Waals surface area contributed by atoms with Crippen molar-refractivity contribution in [1.29, 1.82) is 0 Å². The summed E-state index contributed by atoms with van der Waals surface area (Å²) in [5.74, 6) is -1.43. The second-order valence-corrected chi connectivity index (χ2v) is 5.52. The van der Waals surface area contributed by atoms with Crippen molar-refractivity contribution in [3.63, 3.8) is 0 Å². The quantitative estimate of drug-likeness (QED) is 0.369. The third kappa shape index (κ3) is 5.39. The lowest BCUT2D eigenvalue weighted by Crippen LogP contribution is -2.42. The maximum atomic E-state index is 13.1. The van der Waals surface area contributed by atoms with Crippen LogP contribution < -0.4 is 16.2 Å². The minimum Gasteiger partial charge on any atom is -0.508 e. The highest BCUT2D eigenvalue weighted by Crippen LogP contribution is 2.29. The second kappa shape index (κ2) is 8.11. The summed E-state index contributed by atoms with van der Waals surface area (Å²) in [6, 6.07) is 7.24. The van der Waals surface area contributed by atoms with Gasteiger partial charge < -0.3 is 15.8 Å². The van der Waals surface area contributed by atoms with Gasteiger partial charge in [-0.05, 0) is 42.5 Å². The van der Waals surface area contributed by atoms with Crippen molar-refractivity contribution in [2.45, 2.75) is 12.7 Å². The molecule has 0 unspecified atom stereocenters. The Morgan fingerprint density at radius 2 is 1.77 bits per heavy atom. The van der Waals surface area contributed by atoms with Gasteiger partial charge in [0.2, 0.25) is 0 Å². The van der Waals surface area contributed by atoms with E-state index in [1.54, 1.807) is 0 Å². The molecule has 0 aromatic heterocycles. The number of nitrogens with one attached hydrogen (secondary N) is 3. The fraction of sp³-hybridized carbons (Fsp3) is 0.125. The van der Waals surface area contributed by atoms with Gasteiger partial charge in [-0.2, -0.15) is 13.2 Å². The van der Waals surface area contributed by atoms with Gasteiger partial charge in [0.05, 0.1) is 5.56 Å². The van der Waals surface area contributed by atoms with Gasteiger partial charge in [0.15, 0.2) is 4.99 Å². The molecule has 0 atom stereocenters. The van der Waals surface area contributed by atoms with Gasteiger partial charge in [-0.3, -0.25) is 4.79 Å². The molecule has 2 rings (SSSR count). The van der Waals surface area contributed by atoms with E-state index in [9.17, 15) is 27.5 Å². The summed E-state index contributed by atoms with van der Waals surface area (Å²) < 4.78 is 50.5. The van der Waals surface area contributed by atoms with Crippen LogP contribution in [0.2, 0.25) is 0 Å². The number of phenolic OH excluding ortho intramolecular Hbond substituents is 1. The maximum Gasteiger partial charge on any atom is 0.416 e. The van der Waals surface area contributed by atoms with Crippen LogP contribution in [0.5, 0.6) is 5.75 Å². The normalized spacial score (nSPS) is 11.1. The van der Waals surface area contributed by atoms with Crippen LogP contribution in [-0.2, 0) is 17.5 Å². The number of thiocarbonyl (C=S) groups is 1. The van der Waals surface area contributed by atoms with Gasteiger partial charge in [0.1, 0.15) is 11.6 Å². The van der Waals surface area contributed by atoms with Gasteiger partial charge >= 0.3 is 6.18 Å². The lowest BCUT2D eigenvalue weighted by molar-refractivity contribution is -0.137. The predicted octanol–water partition coefficient (Wildman–Crippen LogP) is 3.11. The Kier molecular flexibility index (Phi) is 6.11. The van der Waals surface area contributed by atoms with Crippen molar-refractivity contribution in [2.24, 2.45) is 0 Å². The monoisotopic (exact) mass is 387 g/mol. The lowest BCUT2D eigenvalue weighted by atomic mass is 10.2. The molecule has 10 heteroatoms. The minimum atomic E-state index is -4.47. The molecule has 0 spiro atoms. The summed E-state index contributed by atoms with van der Waals surface area (Å²) >= 11 is 4.83. The zero-order valence-corrected chi connectivity index (χ0v) is 13.8. The molecule has 0 saturated carbocycles. The molecule has 2 aromatic rings. The first-order valence-corrected chi connectivity index (χ1v) is 7.56. The Bertz CT molecular complexity index is 810. The fourth-order valence-electron chi connectivity index (χ4n) is 1.90. The van der Waals surface area contributed by atoms with Crippen molar-refractivity contribution in [1.82, 2.24) is 10.9 Å². The SMILES string of the molecule is O=C(Nc1ccc(C(F)(F)F)cc1)C(=S)NNCc1cc(F)ccc1O. The zero-order chi connectivity index (χ0) is 19.3. The van der Waals surface area contributed by atoms with E-state index in [4.69, 9.17) is 12.2 Å². The smallest absolute Gasteiger partial charge is 0.416 e. The summed E-state index contributed by atoms with van der Waals surface area (Å²) in [6.07, 6.45) is -4.47. The van der Waals surface area contributed by atoms with Crippen LogP contribution in [0.1, 0.15) is 11.1 Å². The Morgan fingerprint density at radius 3 is 2.38 bits per heavy atom. The highest BCUT2D eigenvalue weighted by Gasteiger charge is 2.30. The fourth-order valence-corrected chi connectivity index (χ4v) is 2.03. The average molecular weight is 387 g/mol. The first-order chi connectivity index (χ1) is 12.2. The van der Waals surface area contributed by atoms with Gasteiger partial charge in [-0.25, -0.2) is 9.82 Å². The minimum absolute atomic E-state index is 0.0305. The van der Waals surface area contributed by atoms with Crippen molar-refractivity contribution in [2.75, 3.05) is 5.32 Å². The van der Waals surface area contributed by atoms with Crippen molar-refractivity contribution >= 4 is 28.8 Å². The van der Waals surface area contributed by atoms with Gasteiger partial charge in [-0.1, -0.05) is 12.2 Å². The predicted molar refractivity (Wildman–Crippen MR) is 90.7 cm³/mol. The first-order valence-electron chi connectivity index (χ1n) is 7.15. The third-order valence-electron chi connectivity index (χ3n) is 3.20. The molecule has 5 nitrogen and oxygen atoms in total. The number of benzene rings is 2. The van der Waals surface area contributed by atoms with E-state index >= 15 is 0 Å². The highest BCUT2D eigenvalue weighted by molar-refractivity contribution is 7.82.